The van der Waals surface area contributed by atoms with Gasteiger partial charge in [-0.3, -0.25) is 0 Å². The second-order valence-electron chi connectivity index (χ2n) is 3.96. The van der Waals surface area contributed by atoms with Crippen LogP contribution >= 0.6 is 0 Å². The van der Waals surface area contributed by atoms with E-state index in [1.54, 1.807) is 0 Å². The first kappa shape index (κ1) is 12.4. The van der Waals surface area contributed by atoms with Crippen molar-refractivity contribution in [1.82, 2.24) is 0 Å². The Labute approximate surface area is 97.2 Å². The number of hydrogen-bond acceptors (Lipinski definition) is 2. The Bertz CT molecular complexity index is 326. The van der Waals surface area contributed by atoms with Crippen molar-refractivity contribution < 1.29 is 9.47 Å². The molecule has 1 aromatic rings. The first-order chi connectivity index (χ1) is 7.58. The minimum Gasteiger partial charge on any atom is -0.489 e. The van der Waals surface area contributed by atoms with Crippen LogP contribution in [0.5, 0.6) is 11.5 Å². The summed E-state index contributed by atoms with van der Waals surface area (Å²) in [7, 11) is 0. The predicted molar refractivity (Wildman–Crippen MR) is 67.1 cm³/mol. The van der Waals surface area contributed by atoms with E-state index >= 15 is 0 Å². The molecule has 86 valence electrons. The lowest BCUT2D eigenvalue weighted by molar-refractivity contribution is 0.343. The van der Waals surface area contributed by atoms with Gasteiger partial charge in [-0.1, -0.05) is 13.2 Å². The fourth-order valence-electron chi connectivity index (χ4n) is 1.05. The lowest BCUT2D eigenvalue weighted by atomic mass is 10.3. The lowest BCUT2D eigenvalue weighted by Gasteiger charge is -2.08. The lowest BCUT2D eigenvalue weighted by Crippen LogP contribution is -1.99. The van der Waals surface area contributed by atoms with Gasteiger partial charge in [0.2, 0.25) is 0 Å². The second kappa shape index (κ2) is 6.01. The molecular formula is C14H18O2. The Morgan fingerprint density at radius 1 is 0.875 bits per heavy atom. The van der Waals surface area contributed by atoms with Crippen LogP contribution in [0.4, 0.5) is 0 Å². The maximum absolute atomic E-state index is 5.48. The maximum Gasteiger partial charge on any atom is 0.120 e. The average Bonchev–Trinajstić information content (AvgIpc) is 2.25. The van der Waals surface area contributed by atoms with E-state index in [0.29, 0.717) is 13.2 Å². The van der Waals surface area contributed by atoms with Gasteiger partial charge >= 0.3 is 0 Å². The van der Waals surface area contributed by atoms with Gasteiger partial charge in [-0.05, 0) is 49.3 Å². The molecule has 2 nitrogen and oxygen atoms in total. The van der Waals surface area contributed by atoms with E-state index < -0.39 is 0 Å². The van der Waals surface area contributed by atoms with Gasteiger partial charge in [-0.15, -0.1) is 0 Å². The third kappa shape index (κ3) is 4.69. The summed E-state index contributed by atoms with van der Waals surface area (Å²) in [5.41, 5.74) is 2.00. The van der Waals surface area contributed by atoms with Crippen molar-refractivity contribution in [3.05, 3.63) is 48.6 Å². The van der Waals surface area contributed by atoms with E-state index in [9.17, 15) is 0 Å². The van der Waals surface area contributed by atoms with Gasteiger partial charge in [0, 0.05) is 0 Å². The normalized spacial score (nSPS) is 9.62. The van der Waals surface area contributed by atoms with Crippen molar-refractivity contribution in [2.45, 2.75) is 13.8 Å². The molecule has 0 fully saturated rings. The molecule has 0 bridgehead atoms. The van der Waals surface area contributed by atoms with Crippen LogP contribution in [0.25, 0.3) is 0 Å². The predicted octanol–water partition coefficient (Wildman–Crippen LogP) is 3.60. The highest BCUT2D eigenvalue weighted by atomic mass is 16.5. The summed E-state index contributed by atoms with van der Waals surface area (Å²) in [5, 5.41) is 0. The van der Waals surface area contributed by atoms with E-state index in [2.05, 4.69) is 13.2 Å². The number of hydrogen-bond donors (Lipinski definition) is 0. The van der Waals surface area contributed by atoms with E-state index in [0.717, 1.165) is 22.6 Å². The molecule has 0 aliphatic rings. The van der Waals surface area contributed by atoms with Gasteiger partial charge in [0.15, 0.2) is 0 Å². The zero-order valence-corrected chi connectivity index (χ0v) is 9.95. The van der Waals surface area contributed by atoms with Crippen molar-refractivity contribution >= 4 is 0 Å². The molecule has 0 aliphatic carbocycles. The standard InChI is InChI=1S/C14H18O2/c1-11(2)9-15-13-5-7-14(8-6-13)16-10-12(3)4/h5-8H,1,3,9-10H2,2,4H3. The van der Waals surface area contributed by atoms with Crippen molar-refractivity contribution in [2.75, 3.05) is 13.2 Å². The summed E-state index contributed by atoms with van der Waals surface area (Å²) in [5.74, 6) is 1.65. The molecule has 16 heavy (non-hydrogen) atoms. The quantitative estimate of drug-likeness (QED) is 0.679. The Morgan fingerprint density at radius 3 is 1.44 bits per heavy atom. The smallest absolute Gasteiger partial charge is 0.120 e. The summed E-state index contributed by atoms with van der Waals surface area (Å²) in [6, 6.07) is 7.54. The van der Waals surface area contributed by atoms with Gasteiger partial charge in [0.25, 0.3) is 0 Å². The third-order valence-electron chi connectivity index (χ3n) is 1.79. The van der Waals surface area contributed by atoms with Crippen LogP contribution in [0.1, 0.15) is 13.8 Å². The Balaban J connectivity index is 2.47. The Morgan fingerprint density at radius 2 is 1.19 bits per heavy atom. The molecule has 1 aromatic carbocycles. The molecule has 2 heteroatoms. The van der Waals surface area contributed by atoms with Crippen molar-refractivity contribution in [2.24, 2.45) is 0 Å². The van der Waals surface area contributed by atoms with Crippen molar-refractivity contribution in [1.29, 1.82) is 0 Å². The molecule has 0 saturated heterocycles. The highest BCUT2D eigenvalue weighted by molar-refractivity contribution is 5.31. The molecule has 0 atom stereocenters. The Hall–Kier alpha value is -1.70. The zero-order chi connectivity index (χ0) is 12.0. The van der Waals surface area contributed by atoms with Gasteiger partial charge < -0.3 is 9.47 Å². The summed E-state index contributed by atoms with van der Waals surface area (Å²) in [6.45, 7) is 12.5. The molecule has 0 unspecified atom stereocenters. The van der Waals surface area contributed by atoms with Gasteiger partial charge in [0.1, 0.15) is 24.7 Å². The van der Waals surface area contributed by atoms with Crippen LogP contribution in [0.2, 0.25) is 0 Å². The van der Waals surface area contributed by atoms with Crippen molar-refractivity contribution in [3.63, 3.8) is 0 Å². The van der Waals surface area contributed by atoms with Crippen molar-refractivity contribution in [3.8, 4) is 11.5 Å². The highest BCUT2D eigenvalue weighted by Crippen LogP contribution is 2.18. The average molecular weight is 218 g/mol. The van der Waals surface area contributed by atoms with E-state index in [1.165, 1.54) is 0 Å². The molecule has 0 amide bonds. The van der Waals surface area contributed by atoms with Gasteiger partial charge in [-0.25, -0.2) is 0 Å². The minimum absolute atomic E-state index is 0.548. The monoisotopic (exact) mass is 218 g/mol. The fourth-order valence-corrected chi connectivity index (χ4v) is 1.05. The van der Waals surface area contributed by atoms with Crippen LogP contribution in [0.15, 0.2) is 48.6 Å². The highest BCUT2D eigenvalue weighted by Gasteiger charge is 1.96. The number of ether oxygens (including phenoxy) is 2. The molecule has 0 N–H and O–H groups in total. The summed E-state index contributed by atoms with van der Waals surface area (Å²) >= 11 is 0. The summed E-state index contributed by atoms with van der Waals surface area (Å²) in [6.07, 6.45) is 0. The minimum atomic E-state index is 0.548. The van der Waals surface area contributed by atoms with Crippen LogP contribution < -0.4 is 9.47 Å². The number of benzene rings is 1. The van der Waals surface area contributed by atoms with Gasteiger partial charge in [0.05, 0.1) is 0 Å². The fraction of sp³-hybridized carbons (Fsp3) is 0.286. The molecule has 0 spiro atoms. The van der Waals surface area contributed by atoms with E-state index in [1.807, 2.05) is 38.1 Å². The van der Waals surface area contributed by atoms with Crippen LogP contribution in [0, 0.1) is 0 Å². The molecule has 0 heterocycles. The first-order valence-electron chi connectivity index (χ1n) is 5.22. The molecule has 0 aromatic heterocycles. The molecular weight excluding hydrogens is 200 g/mol. The third-order valence-corrected chi connectivity index (χ3v) is 1.79. The number of rotatable bonds is 6. The summed E-state index contributed by atoms with van der Waals surface area (Å²) < 4.78 is 11.0. The van der Waals surface area contributed by atoms with Crippen LogP contribution in [0.3, 0.4) is 0 Å². The van der Waals surface area contributed by atoms with E-state index in [-0.39, 0.29) is 0 Å². The second-order valence-corrected chi connectivity index (χ2v) is 3.96. The van der Waals surface area contributed by atoms with Crippen LogP contribution in [-0.4, -0.2) is 13.2 Å². The zero-order valence-electron chi connectivity index (χ0n) is 9.95. The largest absolute Gasteiger partial charge is 0.489 e. The molecule has 1 rings (SSSR count). The maximum atomic E-state index is 5.48. The first-order valence-corrected chi connectivity index (χ1v) is 5.22. The SMILES string of the molecule is C=C(C)COc1ccc(OCC(=C)C)cc1. The molecule has 0 aliphatic heterocycles. The molecule has 0 saturated carbocycles. The summed E-state index contributed by atoms with van der Waals surface area (Å²) in [4.78, 5) is 0. The van der Waals surface area contributed by atoms with E-state index in [4.69, 9.17) is 9.47 Å². The Kier molecular flexibility index (Phi) is 4.65. The topological polar surface area (TPSA) is 18.5 Å². The van der Waals surface area contributed by atoms with Gasteiger partial charge in [-0.2, -0.15) is 0 Å². The van der Waals surface area contributed by atoms with Crippen LogP contribution in [-0.2, 0) is 0 Å². The molecule has 0 radical (unpaired) electrons.